The summed E-state index contributed by atoms with van der Waals surface area (Å²) in [6, 6.07) is 11.3. The summed E-state index contributed by atoms with van der Waals surface area (Å²) in [5.41, 5.74) is 2.21. The highest BCUT2D eigenvalue weighted by atomic mass is 16.4. The Morgan fingerprint density at radius 2 is 1.92 bits per heavy atom. The molecule has 1 N–H and O–H groups in total. The van der Waals surface area contributed by atoms with Gasteiger partial charge in [-0.15, -0.1) is 0 Å². The van der Waals surface area contributed by atoms with Gasteiger partial charge in [-0.1, -0.05) is 61.9 Å². The van der Waals surface area contributed by atoms with E-state index in [4.69, 9.17) is 4.42 Å². The molecule has 0 saturated heterocycles. The molecule has 1 heterocycles. The first-order valence-corrected chi connectivity index (χ1v) is 9.23. The highest BCUT2D eigenvalue weighted by Gasteiger charge is 2.32. The van der Waals surface area contributed by atoms with Crippen LogP contribution < -0.4 is 5.63 Å². The molecule has 1 aromatic carbocycles. The van der Waals surface area contributed by atoms with E-state index in [-0.39, 0.29) is 11.7 Å². The summed E-state index contributed by atoms with van der Waals surface area (Å²) in [5, 5.41) is 10.6. The molecule has 0 aliphatic heterocycles. The van der Waals surface area contributed by atoms with Crippen LogP contribution in [0.5, 0.6) is 5.75 Å². The van der Waals surface area contributed by atoms with Crippen molar-refractivity contribution in [2.24, 2.45) is 11.8 Å². The molecule has 1 aliphatic rings. The van der Waals surface area contributed by atoms with Gasteiger partial charge in [-0.2, -0.15) is 0 Å². The Morgan fingerprint density at radius 3 is 2.58 bits per heavy atom. The van der Waals surface area contributed by atoms with E-state index in [1.165, 1.54) is 5.57 Å². The van der Waals surface area contributed by atoms with Crippen LogP contribution in [-0.4, -0.2) is 5.11 Å². The summed E-state index contributed by atoms with van der Waals surface area (Å²) in [7, 11) is 0. The zero-order valence-corrected chi connectivity index (χ0v) is 15.6. The number of benzene rings is 1. The van der Waals surface area contributed by atoms with E-state index in [1.54, 1.807) is 12.1 Å². The lowest BCUT2D eigenvalue weighted by molar-refractivity contribution is 0.302. The summed E-state index contributed by atoms with van der Waals surface area (Å²) >= 11 is 0. The van der Waals surface area contributed by atoms with Gasteiger partial charge in [-0.05, 0) is 43.2 Å². The van der Waals surface area contributed by atoms with E-state index in [1.807, 2.05) is 36.4 Å². The van der Waals surface area contributed by atoms with Crippen LogP contribution in [0.4, 0.5) is 0 Å². The molecule has 0 spiro atoms. The molecule has 0 unspecified atom stereocenters. The van der Waals surface area contributed by atoms with Gasteiger partial charge in [0.05, 0.1) is 5.56 Å². The van der Waals surface area contributed by atoms with Crippen LogP contribution in [0, 0.1) is 11.8 Å². The minimum Gasteiger partial charge on any atom is -0.507 e. The molecule has 3 nitrogen and oxygen atoms in total. The van der Waals surface area contributed by atoms with Crippen LogP contribution in [0.25, 0.3) is 12.2 Å². The third-order valence-electron chi connectivity index (χ3n) is 5.21. The maximum absolute atomic E-state index is 12.7. The van der Waals surface area contributed by atoms with Crippen molar-refractivity contribution in [2.75, 3.05) is 0 Å². The minimum atomic E-state index is -0.445. The number of hydrogen-bond acceptors (Lipinski definition) is 3. The molecule has 1 aliphatic carbocycles. The van der Waals surface area contributed by atoms with Crippen molar-refractivity contribution in [1.82, 2.24) is 0 Å². The smallest absolute Gasteiger partial charge is 0.343 e. The van der Waals surface area contributed by atoms with Crippen LogP contribution >= 0.6 is 0 Å². The molecule has 1 aromatic heterocycles. The molecule has 136 valence electrons. The van der Waals surface area contributed by atoms with Crippen molar-refractivity contribution >= 4 is 12.2 Å². The lowest BCUT2D eigenvalue weighted by atomic mass is 9.72. The standard InChI is InChI=1S/C23H26O3/c1-15(2)19-12-9-16(3)13-20(19)22-21(24)14-18(26-23(22)25)11-10-17-7-5-4-6-8-17/h4-8,10-11,13-15,19-20,24H,9,12H2,1-3H3/b11-10+/t19-,20+/m1/s1. The Kier molecular flexibility index (Phi) is 5.46. The predicted octanol–water partition coefficient (Wildman–Crippen LogP) is 5.61. The molecule has 0 saturated carbocycles. The zero-order chi connectivity index (χ0) is 18.7. The first-order chi connectivity index (χ1) is 12.5. The van der Waals surface area contributed by atoms with Crippen molar-refractivity contribution in [3.05, 3.63) is 75.4 Å². The molecule has 0 fully saturated rings. The summed E-state index contributed by atoms with van der Waals surface area (Å²) in [5.74, 6) is 1.06. The Balaban J connectivity index is 1.96. The summed E-state index contributed by atoms with van der Waals surface area (Å²) in [6.45, 7) is 6.42. The third-order valence-corrected chi connectivity index (χ3v) is 5.21. The normalized spacial score (nSPS) is 20.5. The van der Waals surface area contributed by atoms with Crippen molar-refractivity contribution in [3.8, 4) is 5.75 Å². The van der Waals surface area contributed by atoms with Gasteiger partial charge in [-0.25, -0.2) is 4.79 Å². The topological polar surface area (TPSA) is 50.4 Å². The molecule has 2 atom stereocenters. The summed E-state index contributed by atoms with van der Waals surface area (Å²) in [6.07, 6.45) is 7.77. The maximum atomic E-state index is 12.7. The summed E-state index contributed by atoms with van der Waals surface area (Å²) < 4.78 is 5.50. The second-order valence-corrected chi connectivity index (χ2v) is 7.46. The van der Waals surface area contributed by atoms with Gasteiger partial charge < -0.3 is 9.52 Å². The molecule has 0 bridgehead atoms. The SMILES string of the molecule is CC1=C[C@H](c2c(O)cc(/C=C/c3ccccc3)oc2=O)[C@@H](C(C)C)CC1. The van der Waals surface area contributed by atoms with Crippen molar-refractivity contribution < 1.29 is 9.52 Å². The van der Waals surface area contributed by atoms with E-state index in [9.17, 15) is 9.90 Å². The Morgan fingerprint density at radius 1 is 1.19 bits per heavy atom. The molecular weight excluding hydrogens is 324 g/mol. The quantitative estimate of drug-likeness (QED) is 0.729. The van der Waals surface area contributed by atoms with Crippen LogP contribution in [0.15, 0.2) is 57.3 Å². The molecule has 0 amide bonds. The minimum absolute atomic E-state index is 0.0237. The van der Waals surface area contributed by atoms with Crippen molar-refractivity contribution in [1.29, 1.82) is 0 Å². The van der Waals surface area contributed by atoms with E-state index < -0.39 is 5.63 Å². The fourth-order valence-electron chi connectivity index (χ4n) is 3.77. The molecule has 2 aromatic rings. The molecular formula is C23H26O3. The van der Waals surface area contributed by atoms with Gasteiger partial charge in [0, 0.05) is 12.0 Å². The van der Waals surface area contributed by atoms with Gasteiger partial charge in [0.15, 0.2) is 0 Å². The Labute approximate surface area is 154 Å². The average molecular weight is 350 g/mol. The number of aromatic hydroxyl groups is 1. The number of allylic oxidation sites excluding steroid dienone is 2. The fraction of sp³-hybridized carbons (Fsp3) is 0.348. The van der Waals surface area contributed by atoms with Gasteiger partial charge in [-0.3, -0.25) is 0 Å². The monoisotopic (exact) mass is 350 g/mol. The third kappa shape index (κ3) is 3.98. The lowest BCUT2D eigenvalue weighted by Gasteiger charge is -2.32. The average Bonchev–Trinajstić information content (AvgIpc) is 2.60. The molecule has 0 radical (unpaired) electrons. The Bertz CT molecular complexity index is 872. The van der Waals surface area contributed by atoms with Crippen LogP contribution in [-0.2, 0) is 0 Å². The molecule has 26 heavy (non-hydrogen) atoms. The van der Waals surface area contributed by atoms with Crippen LogP contribution in [0.2, 0.25) is 0 Å². The first-order valence-electron chi connectivity index (χ1n) is 9.23. The van der Waals surface area contributed by atoms with Crippen molar-refractivity contribution in [3.63, 3.8) is 0 Å². The zero-order valence-electron chi connectivity index (χ0n) is 15.6. The predicted molar refractivity (Wildman–Crippen MR) is 106 cm³/mol. The molecule has 3 rings (SSSR count). The Hall–Kier alpha value is -2.55. The van der Waals surface area contributed by atoms with Crippen LogP contribution in [0.1, 0.15) is 56.4 Å². The van der Waals surface area contributed by atoms with Gasteiger partial charge in [0.25, 0.3) is 0 Å². The van der Waals surface area contributed by atoms with E-state index in [2.05, 4.69) is 26.8 Å². The molecule has 3 heteroatoms. The van der Waals surface area contributed by atoms with E-state index in [0.717, 1.165) is 18.4 Å². The highest BCUT2D eigenvalue weighted by Crippen LogP contribution is 2.41. The second-order valence-electron chi connectivity index (χ2n) is 7.46. The second kappa shape index (κ2) is 7.77. The number of rotatable bonds is 4. The first kappa shape index (κ1) is 18.2. The summed E-state index contributed by atoms with van der Waals surface area (Å²) in [4.78, 5) is 12.7. The van der Waals surface area contributed by atoms with Crippen molar-refractivity contribution in [2.45, 2.75) is 39.5 Å². The van der Waals surface area contributed by atoms with Gasteiger partial charge in [0.1, 0.15) is 11.5 Å². The fourth-order valence-corrected chi connectivity index (χ4v) is 3.77. The maximum Gasteiger partial charge on any atom is 0.343 e. The van der Waals surface area contributed by atoms with Gasteiger partial charge in [0.2, 0.25) is 0 Å². The van der Waals surface area contributed by atoms with Gasteiger partial charge >= 0.3 is 5.63 Å². The van der Waals surface area contributed by atoms with E-state index >= 15 is 0 Å². The van der Waals surface area contributed by atoms with E-state index in [0.29, 0.717) is 23.2 Å². The largest absolute Gasteiger partial charge is 0.507 e. The highest BCUT2D eigenvalue weighted by molar-refractivity contribution is 5.67. The van der Waals surface area contributed by atoms with Crippen LogP contribution in [0.3, 0.4) is 0 Å². The number of hydrogen-bond donors (Lipinski definition) is 1. The lowest BCUT2D eigenvalue weighted by Crippen LogP contribution is -2.25.